The number of fused-ring (bicyclic) bond motifs is 1. The molecule has 29 heavy (non-hydrogen) atoms. The zero-order chi connectivity index (χ0) is 20.4. The van der Waals surface area contributed by atoms with Crippen LogP contribution >= 0.6 is 0 Å². The SMILES string of the molecule is COc1ccc(CN2CCC[C@H](Cn3nnc4c(=O)[nH]c(C)nc43)C2)c(OC)c1. The molecule has 4 rings (SSSR count). The van der Waals surface area contributed by atoms with Gasteiger partial charge in [0.05, 0.1) is 14.2 Å². The van der Waals surface area contributed by atoms with Gasteiger partial charge in [0.2, 0.25) is 0 Å². The van der Waals surface area contributed by atoms with Crippen LogP contribution in [0.1, 0.15) is 24.2 Å². The number of aromatic nitrogens is 5. The van der Waals surface area contributed by atoms with Gasteiger partial charge in [0.25, 0.3) is 5.56 Å². The smallest absolute Gasteiger partial charge is 0.281 e. The summed E-state index contributed by atoms with van der Waals surface area (Å²) in [7, 11) is 3.34. The Kier molecular flexibility index (Phi) is 5.48. The number of hydrogen-bond acceptors (Lipinski definition) is 7. The molecular weight excluding hydrogens is 372 g/mol. The molecule has 154 valence electrons. The van der Waals surface area contributed by atoms with Crippen LogP contribution in [0.2, 0.25) is 0 Å². The monoisotopic (exact) mass is 398 g/mol. The first kappa shape index (κ1) is 19.4. The Balaban J connectivity index is 1.47. The standard InChI is InChI=1S/C20H26N6O3/c1-13-21-19-18(20(27)22-13)23-24-26(19)11-14-5-4-8-25(10-14)12-15-6-7-16(28-2)9-17(15)29-3/h6-7,9,14H,4-5,8,10-12H2,1-3H3,(H,21,22,27)/t14-/m0/s1. The minimum Gasteiger partial charge on any atom is -0.497 e. The average Bonchev–Trinajstić information content (AvgIpc) is 3.11. The van der Waals surface area contributed by atoms with Crippen LogP contribution in [-0.4, -0.2) is 57.2 Å². The fourth-order valence-electron chi connectivity index (χ4n) is 4.01. The Bertz CT molecular complexity index is 1060. The molecule has 0 bridgehead atoms. The number of benzene rings is 1. The van der Waals surface area contributed by atoms with Gasteiger partial charge in [0, 0.05) is 31.3 Å². The molecule has 0 aliphatic carbocycles. The molecule has 2 aromatic heterocycles. The molecule has 9 nitrogen and oxygen atoms in total. The van der Waals surface area contributed by atoms with Gasteiger partial charge in [-0.25, -0.2) is 9.67 Å². The van der Waals surface area contributed by atoms with E-state index in [-0.39, 0.29) is 5.56 Å². The molecule has 9 heteroatoms. The van der Waals surface area contributed by atoms with Gasteiger partial charge in [-0.1, -0.05) is 11.3 Å². The van der Waals surface area contributed by atoms with Crippen molar-refractivity contribution in [2.45, 2.75) is 32.9 Å². The van der Waals surface area contributed by atoms with Crippen LogP contribution in [0.3, 0.4) is 0 Å². The molecular formula is C20H26N6O3. The predicted octanol–water partition coefficient (Wildman–Crippen LogP) is 1.75. The van der Waals surface area contributed by atoms with Crippen LogP contribution in [0.5, 0.6) is 11.5 Å². The van der Waals surface area contributed by atoms with E-state index in [1.807, 2.05) is 12.1 Å². The molecule has 1 aliphatic heterocycles. The molecule has 1 saturated heterocycles. The second-order valence-electron chi connectivity index (χ2n) is 7.52. The van der Waals surface area contributed by atoms with E-state index in [1.54, 1.807) is 25.8 Å². The highest BCUT2D eigenvalue weighted by Crippen LogP contribution is 2.28. The number of likely N-dealkylation sites (tertiary alicyclic amines) is 1. The highest BCUT2D eigenvalue weighted by molar-refractivity contribution is 5.67. The van der Waals surface area contributed by atoms with Crippen LogP contribution in [0.25, 0.3) is 11.2 Å². The molecule has 1 aliphatic rings. The van der Waals surface area contributed by atoms with Crippen LogP contribution in [0.4, 0.5) is 0 Å². The number of rotatable bonds is 6. The third-order valence-corrected chi connectivity index (χ3v) is 5.41. The molecule has 1 atom stereocenters. The summed E-state index contributed by atoms with van der Waals surface area (Å²) >= 11 is 0. The fourth-order valence-corrected chi connectivity index (χ4v) is 4.01. The Hall–Kier alpha value is -2.94. The summed E-state index contributed by atoms with van der Waals surface area (Å²) in [4.78, 5) is 21.6. The third-order valence-electron chi connectivity index (χ3n) is 5.41. The molecule has 3 heterocycles. The summed E-state index contributed by atoms with van der Waals surface area (Å²) in [6.45, 7) is 5.27. The molecule has 0 unspecified atom stereocenters. The first-order chi connectivity index (χ1) is 14.1. The maximum absolute atomic E-state index is 12.0. The number of methoxy groups -OCH3 is 2. The molecule has 3 aromatic rings. The summed E-state index contributed by atoms with van der Waals surface area (Å²) in [6.07, 6.45) is 2.22. The lowest BCUT2D eigenvalue weighted by atomic mass is 9.97. The van der Waals surface area contributed by atoms with E-state index >= 15 is 0 Å². The molecule has 1 fully saturated rings. The number of H-pyrrole nitrogens is 1. The first-order valence-corrected chi connectivity index (χ1v) is 9.80. The van der Waals surface area contributed by atoms with Crippen molar-refractivity contribution in [3.63, 3.8) is 0 Å². The molecule has 0 saturated carbocycles. The van der Waals surface area contributed by atoms with Crippen LogP contribution in [0, 0.1) is 12.8 Å². The zero-order valence-electron chi connectivity index (χ0n) is 17.0. The van der Waals surface area contributed by atoms with Crippen molar-refractivity contribution in [3.8, 4) is 11.5 Å². The number of piperidine rings is 1. The number of nitrogens with one attached hydrogen (secondary N) is 1. The first-order valence-electron chi connectivity index (χ1n) is 9.80. The minimum atomic E-state index is -0.240. The number of hydrogen-bond donors (Lipinski definition) is 1. The van der Waals surface area contributed by atoms with Crippen molar-refractivity contribution < 1.29 is 9.47 Å². The number of ether oxygens (including phenoxy) is 2. The lowest BCUT2D eigenvalue weighted by Crippen LogP contribution is -2.36. The van der Waals surface area contributed by atoms with Gasteiger partial charge in [-0.3, -0.25) is 9.69 Å². The second kappa shape index (κ2) is 8.20. The highest BCUT2D eigenvalue weighted by Gasteiger charge is 2.23. The summed E-state index contributed by atoms with van der Waals surface area (Å²) < 4.78 is 12.6. The topological polar surface area (TPSA) is 98.2 Å². The van der Waals surface area contributed by atoms with E-state index in [0.29, 0.717) is 29.5 Å². The van der Waals surface area contributed by atoms with E-state index in [2.05, 4.69) is 31.2 Å². The average molecular weight is 398 g/mol. The predicted molar refractivity (Wildman–Crippen MR) is 108 cm³/mol. The molecule has 0 radical (unpaired) electrons. The van der Waals surface area contributed by atoms with Crippen molar-refractivity contribution in [2.75, 3.05) is 27.3 Å². The van der Waals surface area contributed by atoms with E-state index in [0.717, 1.165) is 49.5 Å². The number of nitrogens with zero attached hydrogens (tertiary/aromatic N) is 5. The molecule has 0 amide bonds. The number of aryl methyl sites for hydroxylation is 1. The quantitative estimate of drug-likeness (QED) is 0.675. The van der Waals surface area contributed by atoms with Crippen molar-refractivity contribution in [1.82, 2.24) is 29.9 Å². The van der Waals surface area contributed by atoms with Gasteiger partial charge in [-0.15, -0.1) is 5.10 Å². The summed E-state index contributed by atoms with van der Waals surface area (Å²) in [5.74, 6) is 2.62. The normalized spacial score (nSPS) is 17.6. The maximum atomic E-state index is 12.0. The summed E-state index contributed by atoms with van der Waals surface area (Å²) in [6, 6.07) is 5.95. The van der Waals surface area contributed by atoms with E-state index in [9.17, 15) is 4.79 Å². The van der Waals surface area contributed by atoms with Gasteiger partial charge in [0.1, 0.15) is 17.3 Å². The van der Waals surface area contributed by atoms with Crippen molar-refractivity contribution >= 4 is 11.2 Å². The molecule has 1 N–H and O–H groups in total. The largest absolute Gasteiger partial charge is 0.497 e. The minimum absolute atomic E-state index is 0.240. The highest BCUT2D eigenvalue weighted by atomic mass is 16.5. The summed E-state index contributed by atoms with van der Waals surface area (Å²) in [5, 5.41) is 8.19. The Morgan fingerprint density at radius 2 is 2.14 bits per heavy atom. The third kappa shape index (κ3) is 4.09. The second-order valence-corrected chi connectivity index (χ2v) is 7.52. The number of aromatic amines is 1. The van der Waals surface area contributed by atoms with Crippen LogP contribution in [-0.2, 0) is 13.1 Å². The summed E-state index contributed by atoms with van der Waals surface area (Å²) in [5.41, 5.74) is 1.76. The maximum Gasteiger partial charge on any atom is 0.281 e. The van der Waals surface area contributed by atoms with Gasteiger partial charge >= 0.3 is 0 Å². The lowest BCUT2D eigenvalue weighted by molar-refractivity contribution is 0.152. The van der Waals surface area contributed by atoms with Gasteiger partial charge in [0.15, 0.2) is 11.2 Å². The van der Waals surface area contributed by atoms with E-state index in [1.165, 1.54) is 0 Å². The van der Waals surface area contributed by atoms with Gasteiger partial charge in [-0.05, 0) is 38.3 Å². The zero-order valence-corrected chi connectivity index (χ0v) is 17.0. The van der Waals surface area contributed by atoms with Crippen molar-refractivity contribution in [2.24, 2.45) is 5.92 Å². The fraction of sp³-hybridized carbons (Fsp3) is 0.500. The lowest BCUT2D eigenvalue weighted by Gasteiger charge is -2.33. The van der Waals surface area contributed by atoms with Crippen LogP contribution < -0.4 is 15.0 Å². The van der Waals surface area contributed by atoms with E-state index < -0.39 is 0 Å². The van der Waals surface area contributed by atoms with Gasteiger partial charge < -0.3 is 14.5 Å². The molecule has 0 spiro atoms. The molecule has 1 aromatic carbocycles. The van der Waals surface area contributed by atoms with Crippen LogP contribution in [0.15, 0.2) is 23.0 Å². The Morgan fingerprint density at radius 1 is 1.28 bits per heavy atom. The van der Waals surface area contributed by atoms with Gasteiger partial charge in [-0.2, -0.15) is 0 Å². The van der Waals surface area contributed by atoms with Crippen molar-refractivity contribution in [3.05, 3.63) is 39.9 Å². The van der Waals surface area contributed by atoms with Crippen molar-refractivity contribution in [1.29, 1.82) is 0 Å². The Morgan fingerprint density at radius 3 is 2.93 bits per heavy atom. The Labute approximate surface area is 168 Å². The van der Waals surface area contributed by atoms with E-state index in [4.69, 9.17) is 9.47 Å².